The summed E-state index contributed by atoms with van der Waals surface area (Å²) >= 11 is 3.54. The summed E-state index contributed by atoms with van der Waals surface area (Å²) in [6, 6.07) is 5.68. The Bertz CT molecular complexity index is 615. The third kappa shape index (κ3) is 2.14. The lowest BCUT2D eigenvalue weighted by Crippen LogP contribution is -2.30. The van der Waals surface area contributed by atoms with E-state index in [-0.39, 0.29) is 5.54 Å². The molecule has 0 aliphatic heterocycles. The van der Waals surface area contributed by atoms with Crippen molar-refractivity contribution in [2.75, 3.05) is 5.73 Å². The molecule has 3 rings (SSSR count). The molecule has 0 unspecified atom stereocenters. The molecule has 1 aliphatic carbocycles. The summed E-state index contributed by atoms with van der Waals surface area (Å²) in [6.45, 7) is 4.37. The molecule has 1 aliphatic rings. The maximum atomic E-state index is 5.87. The van der Waals surface area contributed by atoms with E-state index >= 15 is 0 Å². The first-order chi connectivity index (χ1) is 9.00. The van der Waals surface area contributed by atoms with Crippen LogP contribution in [0.1, 0.15) is 26.7 Å². The van der Waals surface area contributed by atoms with Crippen LogP contribution in [0.3, 0.4) is 0 Å². The molecule has 2 aromatic rings. The fourth-order valence-electron chi connectivity index (χ4n) is 2.42. The zero-order chi connectivity index (χ0) is 13.6. The van der Waals surface area contributed by atoms with E-state index in [0.717, 1.165) is 15.9 Å². The van der Waals surface area contributed by atoms with Crippen molar-refractivity contribution >= 4 is 21.6 Å². The second-order valence-corrected chi connectivity index (χ2v) is 6.44. The summed E-state index contributed by atoms with van der Waals surface area (Å²) < 4.78 is 2.87. The van der Waals surface area contributed by atoms with Gasteiger partial charge < -0.3 is 5.73 Å². The number of nitrogens with zero attached hydrogens (tertiary/aromatic N) is 4. The molecule has 1 heterocycles. The van der Waals surface area contributed by atoms with Crippen LogP contribution in [0.4, 0.5) is 5.69 Å². The Hall–Kier alpha value is -1.43. The molecule has 5 nitrogen and oxygen atoms in total. The van der Waals surface area contributed by atoms with E-state index in [1.165, 1.54) is 12.8 Å². The van der Waals surface area contributed by atoms with Gasteiger partial charge in [-0.3, -0.25) is 0 Å². The van der Waals surface area contributed by atoms with Crippen LogP contribution in [-0.4, -0.2) is 20.2 Å². The predicted octanol–water partition coefficient (Wildman–Crippen LogP) is 2.83. The number of nitrogen functional groups attached to an aromatic ring is 1. The maximum Gasteiger partial charge on any atom is 0.183 e. The molecule has 1 saturated carbocycles. The normalized spacial score (nSPS) is 15.7. The molecule has 1 fully saturated rings. The van der Waals surface area contributed by atoms with Gasteiger partial charge in [0.05, 0.1) is 5.54 Å². The van der Waals surface area contributed by atoms with E-state index in [0.29, 0.717) is 11.6 Å². The SMILES string of the molecule is CC(C)(C1CC1)n1nnnc1-c1cc(N)ccc1Br. The molecule has 0 amide bonds. The second kappa shape index (κ2) is 4.30. The molecular formula is C13H16BrN5. The number of hydrogen-bond acceptors (Lipinski definition) is 4. The van der Waals surface area contributed by atoms with Crippen LogP contribution in [0.25, 0.3) is 11.4 Å². The second-order valence-electron chi connectivity index (χ2n) is 5.58. The highest BCUT2D eigenvalue weighted by atomic mass is 79.9. The lowest BCUT2D eigenvalue weighted by atomic mass is 9.98. The molecule has 6 heteroatoms. The van der Waals surface area contributed by atoms with Crippen molar-refractivity contribution in [1.29, 1.82) is 0 Å². The van der Waals surface area contributed by atoms with Crippen molar-refractivity contribution in [3.8, 4) is 11.4 Å². The summed E-state index contributed by atoms with van der Waals surface area (Å²) in [5.74, 6) is 1.41. The largest absolute Gasteiger partial charge is 0.399 e. The van der Waals surface area contributed by atoms with Crippen LogP contribution in [0, 0.1) is 5.92 Å². The Labute approximate surface area is 120 Å². The lowest BCUT2D eigenvalue weighted by Gasteiger charge is -2.25. The standard InChI is InChI=1S/C13H16BrN5/c1-13(2,8-3-4-8)19-12(16-17-18-19)10-7-9(15)5-6-11(10)14/h5-8H,3-4,15H2,1-2H3. The Kier molecular flexibility index (Phi) is 2.85. The molecule has 0 spiro atoms. The molecule has 0 atom stereocenters. The average molecular weight is 322 g/mol. The van der Waals surface area contributed by atoms with Crippen LogP contribution in [0.5, 0.6) is 0 Å². The van der Waals surface area contributed by atoms with Crippen LogP contribution in [0.15, 0.2) is 22.7 Å². The van der Waals surface area contributed by atoms with Gasteiger partial charge in [-0.2, -0.15) is 0 Å². The van der Waals surface area contributed by atoms with E-state index in [4.69, 9.17) is 5.73 Å². The number of rotatable bonds is 3. The summed E-state index contributed by atoms with van der Waals surface area (Å²) in [6.07, 6.45) is 2.48. The topological polar surface area (TPSA) is 69.6 Å². The van der Waals surface area contributed by atoms with Gasteiger partial charge in [-0.1, -0.05) is 15.9 Å². The number of tetrazole rings is 1. The molecule has 2 N–H and O–H groups in total. The Morgan fingerprint density at radius 2 is 2.11 bits per heavy atom. The van der Waals surface area contributed by atoms with Gasteiger partial charge in [0.1, 0.15) is 0 Å². The zero-order valence-electron chi connectivity index (χ0n) is 11.0. The van der Waals surface area contributed by atoms with E-state index in [1.807, 2.05) is 22.9 Å². The number of nitrogens with two attached hydrogens (primary N) is 1. The smallest absolute Gasteiger partial charge is 0.183 e. The maximum absolute atomic E-state index is 5.87. The zero-order valence-corrected chi connectivity index (χ0v) is 12.6. The number of anilines is 1. The van der Waals surface area contributed by atoms with E-state index in [1.54, 1.807) is 0 Å². The summed E-state index contributed by atoms with van der Waals surface area (Å²) in [5.41, 5.74) is 7.43. The Balaban J connectivity index is 2.11. The minimum atomic E-state index is -0.0666. The minimum Gasteiger partial charge on any atom is -0.399 e. The quantitative estimate of drug-likeness (QED) is 0.882. The molecule has 1 aromatic carbocycles. The number of benzene rings is 1. The molecule has 100 valence electrons. The van der Waals surface area contributed by atoms with Crippen LogP contribution in [-0.2, 0) is 5.54 Å². The van der Waals surface area contributed by atoms with Crippen molar-refractivity contribution < 1.29 is 0 Å². The van der Waals surface area contributed by atoms with Gasteiger partial charge in [-0.15, -0.1) is 5.10 Å². The van der Waals surface area contributed by atoms with Gasteiger partial charge in [0.25, 0.3) is 0 Å². The predicted molar refractivity (Wildman–Crippen MR) is 77.4 cm³/mol. The molecule has 0 saturated heterocycles. The highest BCUT2D eigenvalue weighted by Crippen LogP contribution is 2.45. The van der Waals surface area contributed by atoms with Crippen molar-refractivity contribution in [3.63, 3.8) is 0 Å². The molecular weight excluding hydrogens is 306 g/mol. The van der Waals surface area contributed by atoms with Crippen molar-refractivity contribution in [1.82, 2.24) is 20.2 Å². The molecule has 0 radical (unpaired) electrons. The van der Waals surface area contributed by atoms with Crippen molar-refractivity contribution in [2.45, 2.75) is 32.2 Å². The van der Waals surface area contributed by atoms with Gasteiger partial charge in [-0.25, -0.2) is 4.68 Å². The summed E-state index contributed by atoms with van der Waals surface area (Å²) in [4.78, 5) is 0. The first kappa shape index (κ1) is 12.6. The fraction of sp³-hybridized carbons (Fsp3) is 0.462. The van der Waals surface area contributed by atoms with Crippen LogP contribution >= 0.6 is 15.9 Å². The summed E-state index contributed by atoms with van der Waals surface area (Å²) in [7, 11) is 0. The Morgan fingerprint density at radius 1 is 1.37 bits per heavy atom. The summed E-state index contributed by atoms with van der Waals surface area (Å²) in [5, 5.41) is 12.2. The van der Waals surface area contributed by atoms with Gasteiger partial charge in [0.15, 0.2) is 5.82 Å². The van der Waals surface area contributed by atoms with Gasteiger partial charge in [-0.05, 0) is 61.2 Å². The molecule has 0 bridgehead atoms. The fourth-order valence-corrected chi connectivity index (χ4v) is 2.84. The van der Waals surface area contributed by atoms with Crippen LogP contribution < -0.4 is 5.73 Å². The van der Waals surface area contributed by atoms with Gasteiger partial charge in [0.2, 0.25) is 0 Å². The third-order valence-electron chi connectivity index (χ3n) is 3.82. The average Bonchev–Trinajstić information content (AvgIpc) is 3.11. The first-order valence-electron chi connectivity index (χ1n) is 6.34. The highest BCUT2D eigenvalue weighted by Gasteiger charge is 2.41. The monoisotopic (exact) mass is 321 g/mol. The van der Waals surface area contributed by atoms with E-state index < -0.39 is 0 Å². The van der Waals surface area contributed by atoms with Crippen molar-refractivity contribution in [3.05, 3.63) is 22.7 Å². The number of aromatic nitrogens is 4. The lowest BCUT2D eigenvalue weighted by molar-refractivity contribution is 0.271. The van der Waals surface area contributed by atoms with Crippen LogP contribution in [0.2, 0.25) is 0 Å². The Morgan fingerprint density at radius 3 is 2.79 bits per heavy atom. The number of hydrogen-bond donors (Lipinski definition) is 1. The van der Waals surface area contributed by atoms with Gasteiger partial charge >= 0.3 is 0 Å². The van der Waals surface area contributed by atoms with E-state index in [9.17, 15) is 0 Å². The van der Waals surface area contributed by atoms with Crippen molar-refractivity contribution in [2.24, 2.45) is 5.92 Å². The third-order valence-corrected chi connectivity index (χ3v) is 4.51. The number of halogens is 1. The van der Waals surface area contributed by atoms with Gasteiger partial charge in [0, 0.05) is 15.7 Å². The minimum absolute atomic E-state index is 0.0666. The molecule has 19 heavy (non-hydrogen) atoms. The first-order valence-corrected chi connectivity index (χ1v) is 7.13. The van der Waals surface area contributed by atoms with E-state index in [2.05, 4.69) is 45.3 Å². The molecule has 1 aromatic heterocycles. The highest BCUT2D eigenvalue weighted by molar-refractivity contribution is 9.10.